The molecule has 1 heterocycles. The van der Waals surface area contributed by atoms with Crippen molar-refractivity contribution in [3.63, 3.8) is 0 Å². The Hall–Kier alpha value is -3.55. The van der Waals surface area contributed by atoms with Gasteiger partial charge in [0.25, 0.3) is 0 Å². The van der Waals surface area contributed by atoms with Crippen molar-refractivity contribution in [2.45, 2.75) is 12.7 Å². The van der Waals surface area contributed by atoms with Gasteiger partial charge in [-0.1, -0.05) is 53.5 Å². The van der Waals surface area contributed by atoms with Crippen molar-refractivity contribution in [3.05, 3.63) is 105 Å². The number of aromatic nitrogens is 1. The number of fused-ring (bicyclic) bond motifs is 3. The van der Waals surface area contributed by atoms with Gasteiger partial charge in [0.05, 0.1) is 23.1 Å². The van der Waals surface area contributed by atoms with Gasteiger partial charge in [0.15, 0.2) is 0 Å². The minimum atomic E-state index is -4.75. The monoisotopic (exact) mass is 530 g/mol. The Morgan fingerprint density at radius 3 is 2.36 bits per heavy atom. The smallest absolute Gasteiger partial charge is 0.366 e. The quantitative estimate of drug-likeness (QED) is 0.234. The third-order valence-corrected chi connectivity index (χ3v) is 6.69. The van der Waals surface area contributed by atoms with Crippen LogP contribution in [0.2, 0.25) is 10.0 Å². The maximum atomic E-state index is 14.8. The molecule has 0 saturated heterocycles. The fraction of sp³-hybridized carbons (Fsp3) is 0.0741. The van der Waals surface area contributed by atoms with Gasteiger partial charge in [-0.25, -0.2) is 4.39 Å². The molecule has 0 saturated carbocycles. The van der Waals surface area contributed by atoms with E-state index in [1.165, 1.54) is 0 Å². The lowest BCUT2D eigenvalue weighted by Crippen LogP contribution is -2.14. The van der Waals surface area contributed by atoms with Gasteiger partial charge in [-0.3, -0.25) is 4.79 Å². The number of hydrogen-bond acceptors (Lipinski definition) is 1. The Balaban J connectivity index is 1.83. The average Bonchev–Trinajstić information content (AvgIpc) is 3.12. The molecule has 0 spiro atoms. The highest BCUT2D eigenvalue weighted by molar-refractivity contribution is 6.36. The summed E-state index contributed by atoms with van der Waals surface area (Å²) >= 11 is 12.4. The molecule has 36 heavy (non-hydrogen) atoms. The van der Waals surface area contributed by atoms with Crippen LogP contribution in [0, 0.1) is 5.82 Å². The molecule has 182 valence electrons. The minimum absolute atomic E-state index is 0.207. The first-order valence-electron chi connectivity index (χ1n) is 10.7. The normalized spacial score (nSPS) is 11.9. The molecule has 0 atom stereocenters. The summed E-state index contributed by atoms with van der Waals surface area (Å²) in [5.74, 6) is -1.67. The van der Waals surface area contributed by atoms with E-state index in [2.05, 4.69) is 0 Å². The number of nitrogens with two attached hydrogens (primary N) is 1. The number of carbonyl (C=O) groups excluding carboxylic acids is 1. The van der Waals surface area contributed by atoms with Crippen LogP contribution in [0.4, 0.5) is 17.6 Å². The highest BCUT2D eigenvalue weighted by atomic mass is 35.5. The van der Waals surface area contributed by atoms with Crippen LogP contribution in [0.5, 0.6) is 0 Å². The molecule has 0 unspecified atom stereocenters. The molecular weight excluding hydrogens is 515 g/mol. The van der Waals surface area contributed by atoms with E-state index in [1.807, 2.05) is 0 Å². The second-order valence-electron chi connectivity index (χ2n) is 8.27. The summed E-state index contributed by atoms with van der Waals surface area (Å²) in [4.78, 5) is 12.2. The van der Waals surface area contributed by atoms with Gasteiger partial charge in [0, 0.05) is 37.5 Å². The van der Waals surface area contributed by atoms with E-state index in [0.29, 0.717) is 43.0 Å². The fourth-order valence-electron chi connectivity index (χ4n) is 4.55. The summed E-state index contributed by atoms with van der Waals surface area (Å²) in [5, 5.41) is 1.89. The molecule has 0 fully saturated rings. The summed E-state index contributed by atoms with van der Waals surface area (Å²) in [7, 11) is 0. The van der Waals surface area contributed by atoms with E-state index >= 15 is 0 Å². The van der Waals surface area contributed by atoms with Crippen LogP contribution in [-0.2, 0) is 12.7 Å². The van der Waals surface area contributed by atoms with E-state index in [4.69, 9.17) is 28.9 Å². The van der Waals surface area contributed by atoms with E-state index in [-0.39, 0.29) is 5.56 Å². The van der Waals surface area contributed by atoms with Crippen molar-refractivity contribution in [1.82, 2.24) is 4.57 Å². The lowest BCUT2D eigenvalue weighted by atomic mass is 10.0. The molecule has 3 nitrogen and oxygen atoms in total. The highest BCUT2D eigenvalue weighted by Gasteiger charge is 2.34. The largest absolute Gasteiger partial charge is 0.416 e. The average molecular weight is 531 g/mol. The van der Waals surface area contributed by atoms with Gasteiger partial charge in [-0.2, -0.15) is 13.2 Å². The molecular formula is C27H16Cl2F4N2O. The Labute approximate surface area is 212 Å². The fourth-order valence-corrected chi connectivity index (χ4v) is 5.07. The molecule has 5 aromatic rings. The number of rotatable bonds is 4. The van der Waals surface area contributed by atoms with Gasteiger partial charge in [-0.15, -0.1) is 0 Å². The number of alkyl halides is 3. The zero-order valence-electron chi connectivity index (χ0n) is 18.3. The molecule has 0 aliphatic carbocycles. The maximum absolute atomic E-state index is 14.8. The molecule has 0 aliphatic rings. The van der Waals surface area contributed by atoms with Crippen molar-refractivity contribution in [3.8, 4) is 11.1 Å². The molecule has 2 N–H and O–H groups in total. The van der Waals surface area contributed by atoms with Crippen LogP contribution in [0.25, 0.3) is 32.9 Å². The van der Waals surface area contributed by atoms with Crippen molar-refractivity contribution in [2.75, 3.05) is 0 Å². The predicted molar refractivity (Wildman–Crippen MR) is 134 cm³/mol. The number of hydrogen-bond donors (Lipinski definition) is 1. The van der Waals surface area contributed by atoms with Crippen LogP contribution in [0.1, 0.15) is 21.5 Å². The number of amides is 1. The number of halogens is 6. The van der Waals surface area contributed by atoms with Crippen molar-refractivity contribution in [2.24, 2.45) is 5.73 Å². The van der Waals surface area contributed by atoms with E-state index in [0.717, 1.165) is 18.2 Å². The summed E-state index contributed by atoms with van der Waals surface area (Å²) in [6, 6.07) is 17.9. The van der Waals surface area contributed by atoms with E-state index in [1.54, 1.807) is 59.2 Å². The molecule has 1 aromatic heterocycles. The number of nitrogens with zero attached hydrogens (tertiary/aromatic N) is 1. The van der Waals surface area contributed by atoms with Crippen molar-refractivity contribution in [1.29, 1.82) is 0 Å². The van der Waals surface area contributed by atoms with Crippen LogP contribution in [0.15, 0.2) is 72.8 Å². The molecule has 1 amide bonds. The highest BCUT2D eigenvalue weighted by Crippen LogP contribution is 2.39. The SMILES string of the molecule is NC(=O)c1cccc2c1c1ccc(-c3ccc(Cl)cc3Cl)cc1n2Cc1c(F)cccc1C(F)(F)F. The Bertz CT molecular complexity index is 1670. The summed E-state index contributed by atoms with van der Waals surface area (Å²) in [6.07, 6.45) is -4.75. The lowest BCUT2D eigenvalue weighted by molar-refractivity contribution is -0.138. The first-order chi connectivity index (χ1) is 17.1. The van der Waals surface area contributed by atoms with Crippen LogP contribution in [0.3, 0.4) is 0 Å². The van der Waals surface area contributed by atoms with E-state index < -0.39 is 35.6 Å². The third-order valence-electron chi connectivity index (χ3n) is 6.14. The minimum Gasteiger partial charge on any atom is -0.366 e. The van der Waals surface area contributed by atoms with Gasteiger partial charge >= 0.3 is 6.18 Å². The Kier molecular flexibility index (Phi) is 5.93. The molecule has 9 heteroatoms. The van der Waals surface area contributed by atoms with Gasteiger partial charge < -0.3 is 10.3 Å². The van der Waals surface area contributed by atoms with Crippen LogP contribution >= 0.6 is 23.2 Å². The second-order valence-corrected chi connectivity index (χ2v) is 9.11. The summed E-state index contributed by atoms with van der Waals surface area (Å²) < 4.78 is 57.6. The van der Waals surface area contributed by atoms with Gasteiger partial charge in [-0.05, 0) is 48.0 Å². The summed E-state index contributed by atoms with van der Waals surface area (Å²) in [6.45, 7) is -0.429. The Morgan fingerprint density at radius 1 is 0.917 bits per heavy atom. The van der Waals surface area contributed by atoms with Crippen molar-refractivity contribution < 1.29 is 22.4 Å². The van der Waals surface area contributed by atoms with Crippen LogP contribution < -0.4 is 5.73 Å². The third kappa shape index (κ3) is 4.08. The number of benzene rings is 4. The summed E-state index contributed by atoms with van der Waals surface area (Å²) in [5.41, 5.74) is 6.47. The number of primary amides is 1. The maximum Gasteiger partial charge on any atom is 0.416 e. The van der Waals surface area contributed by atoms with E-state index in [9.17, 15) is 22.4 Å². The van der Waals surface area contributed by atoms with Crippen molar-refractivity contribution >= 4 is 50.9 Å². The lowest BCUT2D eigenvalue weighted by Gasteiger charge is -2.16. The molecule has 0 radical (unpaired) electrons. The van der Waals surface area contributed by atoms with Crippen LogP contribution in [-0.4, -0.2) is 10.5 Å². The zero-order chi connectivity index (χ0) is 25.8. The van der Waals surface area contributed by atoms with Gasteiger partial charge in [0.1, 0.15) is 5.82 Å². The second kappa shape index (κ2) is 8.84. The zero-order valence-corrected chi connectivity index (χ0v) is 19.8. The molecule has 5 rings (SSSR count). The Morgan fingerprint density at radius 2 is 1.67 bits per heavy atom. The molecule has 0 aliphatic heterocycles. The standard InChI is InChI=1S/C27H16Cl2F4N2O/c28-15-8-10-16(21(29)12-15)14-7-9-17-24(11-14)35(23-6-1-3-18(25(17)23)26(34)36)13-19-20(27(31,32)33)4-2-5-22(19)30/h1-12H,13H2,(H2,34,36). The molecule has 4 aromatic carbocycles. The first kappa shape index (κ1) is 24.2. The first-order valence-corrected chi connectivity index (χ1v) is 11.5. The van der Waals surface area contributed by atoms with Gasteiger partial charge in [0.2, 0.25) is 5.91 Å². The topological polar surface area (TPSA) is 48.0 Å². The predicted octanol–water partition coefficient (Wildman–Crippen LogP) is 8.07. The number of carbonyl (C=O) groups is 1. The molecule has 0 bridgehead atoms.